The predicted octanol–water partition coefficient (Wildman–Crippen LogP) is 9.31. The summed E-state index contributed by atoms with van der Waals surface area (Å²) in [6.45, 7) is 0. The van der Waals surface area contributed by atoms with Gasteiger partial charge in [0, 0.05) is 11.4 Å². The molecular weight excluding hydrogens is 460 g/mol. The molecule has 2 nitrogen and oxygen atoms in total. The molecule has 4 N–H and O–H groups in total. The third-order valence-electron chi connectivity index (χ3n) is 7.52. The molecule has 0 aliphatic heterocycles. The molecular formula is C36H26N2. The van der Waals surface area contributed by atoms with Gasteiger partial charge in [0.1, 0.15) is 0 Å². The Kier molecular flexibility index (Phi) is 5.12. The van der Waals surface area contributed by atoms with Crippen molar-refractivity contribution in [2.24, 2.45) is 0 Å². The minimum atomic E-state index is 0.744. The van der Waals surface area contributed by atoms with Gasteiger partial charge in [-0.15, -0.1) is 0 Å². The molecule has 0 bridgehead atoms. The van der Waals surface area contributed by atoms with Gasteiger partial charge in [-0.05, 0) is 102 Å². The van der Waals surface area contributed by atoms with Crippen LogP contribution in [0.1, 0.15) is 0 Å². The molecule has 7 rings (SSSR count). The van der Waals surface area contributed by atoms with Crippen LogP contribution in [0.25, 0.3) is 65.7 Å². The first-order valence-corrected chi connectivity index (χ1v) is 12.9. The molecule has 0 atom stereocenters. The Morgan fingerprint density at radius 2 is 0.816 bits per heavy atom. The number of fused-ring (bicyclic) bond motifs is 6. The summed E-state index contributed by atoms with van der Waals surface area (Å²) < 4.78 is 0. The third-order valence-corrected chi connectivity index (χ3v) is 7.52. The molecule has 38 heavy (non-hydrogen) atoms. The second-order valence-corrected chi connectivity index (χ2v) is 9.86. The van der Waals surface area contributed by atoms with Crippen LogP contribution < -0.4 is 11.5 Å². The first-order valence-electron chi connectivity index (χ1n) is 12.9. The van der Waals surface area contributed by atoms with Gasteiger partial charge in [0.2, 0.25) is 0 Å². The lowest BCUT2D eigenvalue weighted by Gasteiger charge is -2.14. The fourth-order valence-electron chi connectivity index (χ4n) is 5.67. The quantitative estimate of drug-likeness (QED) is 0.193. The van der Waals surface area contributed by atoms with Crippen LogP contribution in [0.5, 0.6) is 0 Å². The van der Waals surface area contributed by atoms with Crippen molar-refractivity contribution in [3.05, 3.63) is 133 Å². The number of benzene rings is 7. The Hall–Kier alpha value is -5.08. The Labute approximate surface area is 221 Å². The van der Waals surface area contributed by atoms with E-state index in [4.69, 9.17) is 11.5 Å². The molecule has 0 fully saturated rings. The maximum absolute atomic E-state index is 6.26. The van der Waals surface area contributed by atoms with Crippen molar-refractivity contribution in [1.82, 2.24) is 0 Å². The minimum absolute atomic E-state index is 0.744. The normalized spacial score (nSPS) is 11.4. The van der Waals surface area contributed by atoms with Gasteiger partial charge in [0.05, 0.1) is 0 Å². The van der Waals surface area contributed by atoms with Crippen LogP contribution in [0.4, 0.5) is 11.4 Å². The van der Waals surface area contributed by atoms with Crippen molar-refractivity contribution in [2.45, 2.75) is 0 Å². The Balaban J connectivity index is 1.41. The lowest BCUT2D eigenvalue weighted by atomic mass is 9.90. The van der Waals surface area contributed by atoms with Crippen molar-refractivity contribution < 1.29 is 0 Å². The smallest absolute Gasteiger partial charge is 0.0320 e. The summed E-state index contributed by atoms with van der Waals surface area (Å²) in [5.41, 5.74) is 20.5. The van der Waals surface area contributed by atoms with E-state index in [0.717, 1.165) is 33.6 Å². The molecule has 0 radical (unpaired) electrons. The molecule has 180 valence electrons. The van der Waals surface area contributed by atoms with Gasteiger partial charge in [-0.2, -0.15) is 0 Å². The van der Waals surface area contributed by atoms with Crippen LogP contribution in [0, 0.1) is 0 Å². The third kappa shape index (κ3) is 3.66. The highest BCUT2D eigenvalue weighted by Gasteiger charge is 2.12. The van der Waals surface area contributed by atoms with Crippen LogP contribution in [0.15, 0.2) is 133 Å². The van der Waals surface area contributed by atoms with Gasteiger partial charge in [-0.3, -0.25) is 0 Å². The predicted molar refractivity (Wildman–Crippen MR) is 164 cm³/mol. The Bertz CT molecular complexity index is 1950. The SMILES string of the molecule is Nc1ccc(-c2ccc(N)cc2-c2cccc(-c3ccc4c5ccccc5c5ccccc5c4c3)c2)cc1. The van der Waals surface area contributed by atoms with E-state index in [1.54, 1.807) is 0 Å². The molecule has 0 amide bonds. The molecule has 0 aliphatic rings. The van der Waals surface area contributed by atoms with E-state index in [9.17, 15) is 0 Å². The van der Waals surface area contributed by atoms with E-state index in [-0.39, 0.29) is 0 Å². The van der Waals surface area contributed by atoms with E-state index >= 15 is 0 Å². The zero-order valence-electron chi connectivity index (χ0n) is 20.9. The van der Waals surface area contributed by atoms with Crippen LogP contribution in [-0.4, -0.2) is 0 Å². The molecule has 0 spiro atoms. The largest absolute Gasteiger partial charge is 0.399 e. The van der Waals surface area contributed by atoms with E-state index in [1.807, 2.05) is 18.2 Å². The van der Waals surface area contributed by atoms with E-state index < -0.39 is 0 Å². The second-order valence-electron chi connectivity index (χ2n) is 9.86. The van der Waals surface area contributed by atoms with E-state index in [1.165, 1.54) is 43.4 Å². The molecule has 7 aromatic rings. The highest BCUT2D eigenvalue weighted by Crippen LogP contribution is 2.39. The van der Waals surface area contributed by atoms with Crippen molar-refractivity contribution in [3.63, 3.8) is 0 Å². The molecule has 0 saturated carbocycles. The van der Waals surface area contributed by atoms with Crippen LogP contribution >= 0.6 is 0 Å². The van der Waals surface area contributed by atoms with E-state index in [2.05, 4.69) is 115 Å². The highest BCUT2D eigenvalue weighted by atomic mass is 14.5. The van der Waals surface area contributed by atoms with Gasteiger partial charge in [0.15, 0.2) is 0 Å². The molecule has 2 heteroatoms. The Morgan fingerprint density at radius 3 is 1.50 bits per heavy atom. The average molecular weight is 487 g/mol. The van der Waals surface area contributed by atoms with Crippen LogP contribution in [0.3, 0.4) is 0 Å². The summed E-state index contributed by atoms with van der Waals surface area (Å²) >= 11 is 0. The van der Waals surface area contributed by atoms with Crippen molar-refractivity contribution in [3.8, 4) is 33.4 Å². The van der Waals surface area contributed by atoms with Gasteiger partial charge in [-0.1, -0.05) is 97.1 Å². The minimum Gasteiger partial charge on any atom is -0.399 e. The summed E-state index contributed by atoms with van der Waals surface area (Å²) in [5.74, 6) is 0. The van der Waals surface area contributed by atoms with Crippen molar-refractivity contribution in [2.75, 3.05) is 11.5 Å². The molecule has 0 aliphatic carbocycles. The van der Waals surface area contributed by atoms with Crippen LogP contribution in [0.2, 0.25) is 0 Å². The molecule has 0 heterocycles. The average Bonchev–Trinajstić information content (AvgIpc) is 2.98. The van der Waals surface area contributed by atoms with E-state index in [0.29, 0.717) is 0 Å². The summed E-state index contributed by atoms with van der Waals surface area (Å²) in [5, 5.41) is 7.70. The number of anilines is 2. The molecule has 0 unspecified atom stereocenters. The summed E-state index contributed by atoms with van der Waals surface area (Å²) in [4.78, 5) is 0. The second kappa shape index (κ2) is 8.79. The lowest BCUT2D eigenvalue weighted by Crippen LogP contribution is -1.91. The maximum Gasteiger partial charge on any atom is 0.0320 e. The maximum atomic E-state index is 6.26. The molecule has 0 saturated heterocycles. The topological polar surface area (TPSA) is 52.0 Å². The first-order chi connectivity index (χ1) is 18.7. The number of hydrogen-bond acceptors (Lipinski definition) is 2. The van der Waals surface area contributed by atoms with Gasteiger partial charge in [-0.25, -0.2) is 0 Å². The van der Waals surface area contributed by atoms with Crippen molar-refractivity contribution >= 4 is 43.7 Å². The van der Waals surface area contributed by atoms with Crippen molar-refractivity contribution in [1.29, 1.82) is 0 Å². The fraction of sp³-hybridized carbons (Fsp3) is 0. The van der Waals surface area contributed by atoms with Gasteiger partial charge in [0.25, 0.3) is 0 Å². The Morgan fingerprint density at radius 1 is 0.289 bits per heavy atom. The first kappa shape index (κ1) is 22.1. The van der Waals surface area contributed by atoms with Gasteiger partial charge >= 0.3 is 0 Å². The fourth-order valence-corrected chi connectivity index (χ4v) is 5.67. The zero-order chi connectivity index (χ0) is 25.6. The molecule has 0 aromatic heterocycles. The van der Waals surface area contributed by atoms with Gasteiger partial charge < -0.3 is 11.5 Å². The standard InChI is InChI=1S/C36H26N2/c37-27-15-12-23(13-16-27)29-19-17-28(38)22-35(29)26-7-5-6-24(20-26)25-14-18-34-32-10-2-1-8-30(32)31-9-3-4-11-33(31)36(34)21-25/h1-22H,37-38H2. The summed E-state index contributed by atoms with van der Waals surface area (Å²) in [6.07, 6.45) is 0. The number of nitrogens with two attached hydrogens (primary N) is 2. The zero-order valence-corrected chi connectivity index (χ0v) is 20.9. The monoisotopic (exact) mass is 486 g/mol. The highest BCUT2D eigenvalue weighted by molar-refractivity contribution is 6.25. The summed E-state index contributed by atoms with van der Waals surface area (Å²) in [7, 11) is 0. The molecule has 7 aromatic carbocycles. The number of hydrogen-bond donors (Lipinski definition) is 2. The number of nitrogen functional groups attached to an aromatic ring is 2. The summed E-state index contributed by atoms with van der Waals surface area (Å²) in [6, 6.07) is 47.1. The number of rotatable bonds is 3. The lowest BCUT2D eigenvalue weighted by molar-refractivity contribution is 1.57. The van der Waals surface area contributed by atoms with Crippen LogP contribution in [-0.2, 0) is 0 Å².